The van der Waals surface area contributed by atoms with Crippen molar-refractivity contribution in [1.29, 1.82) is 0 Å². The van der Waals surface area contributed by atoms with Crippen LogP contribution in [0.1, 0.15) is 59.3 Å². The number of carbonyl (C=O) groups is 1. The highest BCUT2D eigenvalue weighted by Gasteiger charge is 2.31. The van der Waals surface area contributed by atoms with Crippen LogP contribution in [0.5, 0.6) is 0 Å². The number of hydrogen-bond donors (Lipinski definition) is 2. The second-order valence-electron chi connectivity index (χ2n) is 5.29. The Kier molecular flexibility index (Phi) is 4.78. The summed E-state index contributed by atoms with van der Waals surface area (Å²) in [5.74, 6) is 0.852. The number of nitrogens with two attached hydrogens (primary N) is 1. The summed E-state index contributed by atoms with van der Waals surface area (Å²) in [4.78, 5) is 12.0. The highest BCUT2D eigenvalue weighted by Crippen LogP contribution is 2.24. The molecule has 0 atom stereocenters. The van der Waals surface area contributed by atoms with E-state index in [2.05, 4.69) is 12.2 Å². The molecule has 0 aromatic rings. The van der Waals surface area contributed by atoms with Crippen molar-refractivity contribution in [3.8, 4) is 0 Å². The van der Waals surface area contributed by atoms with Gasteiger partial charge in [0.2, 0.25) is 5.91 Å². The third-order valence-electron chi connectivity index (χ3n) is 4.07. The van der Waals surface area contributed by atoms with Gasteiger partial charge >= 0.3 is 0 Å². The maximum absolute atomic E-state index is 12.0. The number of nitrogens with one attached hydrogen (secondary N) is 1. The molecule has 0 radical (unpaired) electrons. The average Bonchev–Trinajstić information content (AvgIpc) is 2.31. The maximum Gasteiger partial charge on any atom is 0.240 e. The Balaban J connectivity index is 2.45. The van der Waals surface area contributed by atoms with Crippen molar-refractivity contribution in [3.05, 3.63) is 0 Å². The van der Waals surface area contributed by atoms with Gasteiger partial charge in [0.1, 0.15) is 0 Å². The van der Waals surface area contributed by atoms with E-state index in [-0.39, 0.29) is 5.91 Å². The van der Waals surface area contributed by atoms with E-state index in [1.54, 1.807) is 0 Å². The predicted octanol–water partition coefficient (Wildman–Crippen LogP) is 2.20. The van der Waals surface area contributed by atoms with Crippen LogP contribution in [0, 0.1) is 5.92 Å². The Morgan fingerprint density at radius 3 is 2.19 bits per heavy atom. The van der Waals surface area contributed by atoms with Crippen LogP contribution in [0.2, 0.25) is 0 Å². The van der Waals surface area contributed by atoms with Gasteiger partial charge in [0.15, 0.2) is 0 Å². The van der Waals surface area contributed by atoms with Gasteiger partial charge in [-0.1, -0.05) is 20.8 Å². The Morgan fingerprint density at radius 1 is 1.25 bits per heavy atom. The third-order valence-corrected chi connectivity index (χ3v) is 4.07. The van der Waals surface area contributed by atoms with Gasteiger partial charge in [-0.15, -0.1) is 0 Å². The largest absolute Gasteiger partial charge is 0.352 e. The lowest BCUT2D eigenvalue weighted by Gasteiger charge is -2.31. The fourth-order valence-corrected chi connectivity index (χ4v) is 2.30. The molecule has 0 heterocycles. The summed E-state index contributed by atoms with van der Waals surface area (Å²) < 4.78 is 0. The molecule has 3 nitrogen and oxygen atoms in total. The van der Waals surface area contributed by atoms with E-state index in [9.17, 15) is 4.79 Å². The predicted molar refractivity (Wildman–Crippen MR) is 67.1 cm³/mol. The van der Waals surface area contributed by atoms with Crippen LogP contribution in [-0.2, 0) is 4.79 Å². The number of rotatable bonds is 4. The molecule has 3 N–H and O–H groups in total. The molecule has 0 aromatic heterocycles. The van der Waals surface area contributed by atoms with Crippen LogP contribution in [-0.4, -0.2) is 17.5 Å². The molecular weight excluding hydrogens is 200 g/mol. The molecule has 1 saturated carbocycles. The van der Waals surface area contributed by atoms with E-state index in [0.29, 0.717) is 18.9 Å². The topological polar surface area (TPSA) is 55.1 Å². The third kappa shape index (κ3) is 3.21. The van der Waals surface area contributed by atoms with Gasteiger partial charge in [-0.05, 0) is 44.4 Å². The second-order valence-corrected chi connectivity index (χ2v) is 5.29. The molecule has 0 unspecified atom stereocenters. The molecule has 0 aliphatic heterocycles. The van der Waals surface area contributed by atoms with Crippen LogP contribution in [0.25, 0.3) is 0 Å². The molecule has 0 bridgehead atoms. The zero-order valence-electron chi connectivity index (χ0n) is 10.9. The van der Waals surface area contributed by atoms with Crippen molar-refractivity contribution in [2.45, 2.75) is 70.9 Å². The van der Waals surface area contributed by atoms with E-state index >= 15 is 0 Å². The Bertz CT molecular complexity index is 228. The molecule has 1 aliphatic rings. The summed E-state index contributed by atoms with van der Waals surface area (Å²) in [6.07, 6.45) is 6.07. The molecule has 16 heavy (non-hydrogen) atoms. The lowest BCUT2D eigenvalue weighted by Crippen LogP contribution is -2.55. The van der Waals surface area contributed by atoms with Gasteiger partial charge in [-0.2, -0.15) is 0 Å². The van der Waals surface area contributed by atoms with Gasteiger partial charge < -0.3 is 11.1 Å². The summed E-state index contributed by atoms with van der Waals surface area (Å²) in [6, 6.07) is 0.352. The van der Waals surface area contributed by atoms with Crippen molar-refractivity contribution >= 4 is 5.91 Å². The maximum atomic E-state index is 12.0. The normalized spacial score (nSPS) is 26.5. The van der Waals surface area contributed by atoms with E-state index < -0.39 is 5.54 Å². The number of hydrogen-bond acceptors (Lipinski definition) is 2. The van der Waals surface area contributed by atoms with Gasteiger partial charge in [-0.3, -0.25) is 4.79 Å². The molecule has 1 fully saturated rings. The zero-order chi connectivity index (χ0) is 12.2. The first-order valence-electron chi connectivity index (χ1n) is 6.61. The van der Waals surface area contributed by atoms with Gasteiger partial charge in [0.25, 0.3) is 0 Å². The minimum Gasteiger partial charge on any atom is -0.352 e. The first kappa shape index (κ1) is 13.5. The van der Waals surface area contributed by atoms with Crippen molar-refractivity contribution < 1.29 is 4.79 Å². The summed E-state index contributed by atoms with van der Waals surface area (Å²) in [6.45, 7) is 6.24. The second kappa shape index (κ2) is 5.67. The van der Waals surface area contributed by atoms with Crippen molar-refractivity contribution in [1.82, 2.24) is 5.32 Å². The minimum absolute atomic E-state index is 0.0389. The molecule has 0 saturated heterocycles. The summed E-state index contributed by atoms with van der Waals surface area (Å²) >= 11 is 0. The molecule has 3 heteroatoms. The molecule has 0 spiro atoms. The van der Waals surface area contributed by atoms with E-state index in [1.807, 2.05) is 13.8 Å². The van der Waals surface area contributed by atoms with Crippen LogP contribution in [0.15, 0.2) is 0 Å². The molecule has 1 aliphatic carbocycles. The van der Waals surface area contributed by atoms with Crippen LogP contribution < -0.4 is 11.1 Å². The monoisotopic (exact) mass is 226 g/mol. The van der Waals surface area contributed by atoms with Crippen LogP contribution in [0.3, 0.4) is 0 Å². The first-order valence-corrected chi connectivity index (χ1v) is 6.61. The fourth-order valence-electron chi connectivity index (χ4n) is 2.30. The number of amides is 1. The Hall–Kier alpha value is -0.570. The van der Waals surface area contributed by atoms with E-state index in [4.69, 9.17) is 5.73 Å². The van der Waals surface area contributed by atoms with Gasteiger partial charge in [-0.25, -0.2) is 0 Å². The lowest BCUT2D eigenvalue weighted by molar-refractivity contribution is -0.127. The van der Waals surface area contributed by atoms with Crippen LogP contribution >= 0.6 is 0 Å². The van der Waals surface area contributed by atoms with Gasteiger partial charge in [0.05, 0.1) is 5.54 Å². The zero-order valence-corrected chi connectivity index (χ0v) is 10.9. The fraction of sp³-hybridized carbons (Fsp3) is 0.923. The molecule has 1 amide bonds. The average molecular weight is 226 g/mol. The van der Waals surface area contributed by atoms with Crippen molar-refractivity contribution in [2.24, 2.45) is 11.7 Å². The molecule has 1 rings (SSSR count). The van der Waals surface area contributed by atoms with Crippen LogP contribution in [0.4, 0.5) is 0 Å². The Labute approximate surface area is 99.2 Å². The van der Waals surface area contributed by atoms with E-state index in [0.717, 1.165) is 18.8 Å². The highest BCUT2D eigenvalue weighted by atomic mass is 16.2. The summed E-state index contributed by atoms with van der Waals surface area (Å²) in [5, 5.41) is 3.12. The first-order chi connectivity index (χ1) is 7.51. The van der Waals surface area contributed by atoms with E-state index in [1.165, 1.54) is 12.8 Å². The van der Waals surface area contributed by atoms with Crippen molar-refractivity contribution in [2.75, 3.05) is 0 Å². The number of carbonyl (C=O) groups excluding carboxylic acids is 1. The molecule has 0 aromatic carbocycles. The molecular formula is C13H26N2O. The lowest BCUT2D eigenvalue weighted by atomic mass is 9.86. The quantitative estimate of drug-likeness (QED) is 0.772. The smallest absolute Gasteiger partial charge is 0.240 e. The standard InChI is InChI=1S/C13H26N2O/c1-4-13(14,5-2)12(16)15-11-8-6-10(3)7-9-11/h10-11H,4-9,14H2,1-3H3,(H,15,16). The highest BCUT2D eigenvalue weighted by molar-refractivity contribution is 5.86. The molecule has 94 valence electrons. The Morgan fingerprint density at radius 2 is 1.75 bits per heavy atom. The summed E-state index contributed by atoms with van der Waals surface area (Å²) in [5.41, 5.74) is 5.41. The van der Waals surface area contributed by atoms with Gasteiger partial charge in [0, 0.05) is 6.04 Å². The van der Waals surface area contributed by atoms with Crippen molar-refractivity contribution in [3.63, 3.8) is 0 Å². The minimum atomic E-state index is -0.664. The SMILES string of the molecule is CCC(N)(CC)C(=O)NC1CCC(C)CC1. The summed E-state index contributed by atoms with van der Waals surface area (Å²) in [7, 11) is 0.